The minimum absolute atomic E-state index is 0.304. The summed E-state index contributed by atoms with van der Waals surface area (Å²) in [5, 5.41) is 21.1. The lowest BCUT2D eigenvalue weighted by Crippen LogP contribution is -2.51. The maximum absolute atomic E-state index is 13.1. The minimum atomic E-state index is -0.652. The van der Waals surface area contributed by atoms with Crippen molar-refractivity contribution in [3.8, 4) is 11.5 Å². The van der Waals surface area contributed by atoms with E-state index in [1.54, 1.807) is 19.2 Å². The zero-order chi connectivity index (χ0) is 19.7. The molecular weight excluding hydrogens is 361 g/mol. The Labute approximate surface area is 164 Å². The van der Waals surface area contributed by atoms with E-state index in [2.05, 4.69) is 4.90 Å². The van der Waals surface area contributed by atoms with Crippen molar-refractivity contribution in [2.24, 2.45) is 0 Å². The van der Waals surface area contributed by atoms with Crippen molar-refractivity contribution in [3.05, 3.63) is 59.4 Å². The van der Waals surface area contributed by atoms with Crippen LogP contribution in [0.5, 0.6) is 11.5 Å². The lowest BCUT2D eigenvalue weighted by atomic mass is 9.81. The normalized spacial score (nSPS) is 22.4. The maximum atomic E-state index is 13.1. The van der Waals surface area contributed by atoms with Gasteiger partial charge in [0, 0.05) is 31.6 Å². The van der Waals surface area contributed by atoms with Crippen LogP contribution >= 0.6 is 0 Å². The van der Waals surface area contributed by atoms with Crippen molar-refractivity contribution in [3.63, 3.8) is 0 Å². The van der Waals surface area contributed by atoms with Crippen LogP contribution in [-0.2, 0) is 0 Å². The Kier molecular flexibility index (Phi) is 5.27. The summed E-state index contributed by atoms with van der Waals surface area (Å²) in [4.78, 5) is 2.19. The van der Waals surface area contributed by atoms with Crippen LogP contribution in [0.1, 0.15) is 42.6 Å². The number of aliphatic hydroxyl groups excluding tert-OH is 2. The van der Waals surface area contributed by atoms with Gasteiger partial charge in [0.2, 0.25) is 0 Å². The average molecular weight is 387 g/mol. The number of halogens is 1. The fourth-order valence-electron chi connectivity index (χ4n) is 4.23. The molecule has 28 heavy (non-hydrogen) atoms. The molecule has 1 saturated heterocycles. The number of piperidine rings is 1. The summed E-state index contributed by atoms with van der Waals surface area (Å²) in [6.45, 7) is 2.05. The summed E-state index contributed by atoms with van der Waals surface area (Å²) >= 11 is 0. The predicted octanol–water partition coefficient (Wildman–Crippen LogP) is 3.22. The summed E-state index contributed by atoms with van der Waals surface area (Å²) in [6, 6.07) is 11.5. The van der Waals surface area contributed by atoms with Gasteiger partial charge in [0.25, 0.3) is 0 Å². The number of ether oxygens (including phenoxy) is 2. The third-order valence-corrected chi connectivity index (χ3v) is 5.92. The van der Waals surface area contributed by atoms with Crippen molar-refractivity contribution < 1.29 is 24.1 Å². The lowest BCUT2D eigenvalue weighted by molar-refractivity contribution is -0.0588. The van der Waals surface area contributed by atoms with E-state index in [4.69, 9.17) is 9.47 Å². The van der Waals surface area contributed by atoms with Crippen LogP contribution in [0.3, 0.4) is 0 Å². The predicted molar refractivity (Wildman–Crippen MR) is 103 cm³/mol. The van der Waals surface area contributed by atoms with Gasteiger partial charge in [-0.2, -0.15) is 0 Å². The Morgan fingerprint density at radius 3 is 2.61 bits per heavy atom. The molecule has 2 aromatic rings. The standard InChI is InChI=1S/C22H26FNO4/c1-27-17-6-7-21-18(12-17)19(25)13-22(28-21)8-10-24(11-9-22)14-20(26)15-2-4-16(23)5-3-15/h2-7,12,19-20,25-26H,8-11,13-14H2,1H3/t19-,20-/m1/s1. The molecule has 2 heterocycles. The van der Waals surface area contributed by atoms with Gasteiger partial charge in [-0.15, -0.1) is 0 Å². The molecule has 4 rings (SSSR count). The molecular formula is C22H26FNO4. The third-order valence-electron chi connectivity index (χ3n) is 5.92. The van der Waals surface area contributed by atoms with Gasteiger partial charge >= 0.3 is 0 Å². The highest BCUT2D eigenvalue weighted by atomic mass is 19.1. The first kappa shape index (κ1) is 19.2. The van der Waals surface area contributed by atoms with E-state index in [-0.39, 0.29) is 11.4 Å². The molecule has 6 heteroatoms. The van der Waals surface area contributed by atoms with E-state index in [0.29, 0.717) is 24.3 Å². The van der Waals surface area contributed by atoms with Crippen LogP contribution in [0.15, 0.2) is 42.5 Å². The second-order valence-corrected chi connectivity index (χ2v) is 7.78. The van der Waals surface area contributed by atoms with Crippen molar-refractivity contribution in [2.45, 2.75) is 37.1 Å². The van der Waals surface area contributed by atoms with Gasteiger partial charge < -0.3 is 24.6 Å². The summed E-state index contributed by atoms with van der Waals surface area (Å²) in [6.07, 6.45) is 0.898. The summed E-state index contributed by atoms with van der Waals surface area (Å²) < 4.78 is 24.6. The van der Waals surface area contributed by atoms with Crippen molar-refractivity contribution in [1.29, 1.82) is 0 Å². The van der Waals surface area contributed by atoms with Crippen LogP contribution < -0.4 is 9.47 Å². The van der Waals surface area contributed by atoms with Crippen LogP contribution in [0.4, 0.5) is 4.39 Å². The first-order valence-electron chi connectivity index (χ1n) is 9.69. The first-order chi connectivity index (χ1) is 13.5. The summed E-state index contributed by atoms with van der Waals surface area (Å²) in [5.41, 5.74) is 1.12. The molecule has 0 unspecified atom stereocenters. The molecule has 2 aliphatic rings. The molecule has 2 aromatic carbocycles. The number of hydrogen-bond donors (Lipinski definition) is 2. The van der Waals surface area contributed by atoms with Gasteiger partial charge in [-0.1, -0.05) is 12.1 Å². The molecule has 2 atom stereocenters. The first-order valence-corrected chi connectivity index (χ1v) is 9.69. The molecule has 0 saturated carbocycles. The maximum Gasteiger partial charge on any atom is 0.126 e. The molecule has 1 fully saturated rings. The van der Waals surface area contributed by atoms with Gasteiger partial charge in [-0.3, -0.25) is 0 Å². The summed E-state index contributed by atoms with van der Waals surface area (Å²) in [7, 11) is 1.61. The second-order valence-electron chi connectivity index (χ2n) is 7.78. The number of fused-ring (bicyclic) bond motifs is 1. The molecule has 1 spiro atoms. The second kappa shape index (κ2) is 7.70. The quantitative estimate of drug-likeness (QED) is 0.844. The molecule has 0 radical (unpaired) electrons. The average Bonchev–Trinajstić information content (AvgIpc) is 2.70. The fraction of sp³-hybridized carbons (Fsp3) is 0.455. The number of methoxy groups -OCH3 is 1. The monoisotopic (exact) mass is 387 g/mol. The third kappa shape index (κ3) is 3.85. The van der Waals surface area contributed by atoms with Gasteiger partial charge in [-0.05, 0) is 48.7 Å². The molecule has 150 valence electrons. The molecule has 0 aliphatic carbocycles. The van der Waals surface area contributed by atoms with Crippen molar-refractivity contribution in [2.75, 3.05) is 26.7 Å². The molecule has 5 nitrogen and oxygen atoms in total. The largest absolute Gasteiger partial charge is 0.497 e. The molecule has 0 aromatic heterocycles. The van der Waals surface area contributed by atoms with Crippen LogP contribution in [0, 0.1) is 5.82 Å². The number of rotatable bonds is 4. The van der Waals surface area contributed by atoms with E-state index in [1.165, 1.54) is 12.1 Å². The zero-order valence-corrected chi connectivity index (χ0v) is 16.0. The van der Waals surface area contributed by atoms with E-state index < -0.39 is 12.2 Å². The highest BCUT2D eigenvalue weighted by Gasteiger charge is 2.43. The lowest BCUT2D eigenvalue weighted by Gasteiger charge is -2.46. The number of β-amino-alcohol motifs (C(OH)–C–C–N with tert-alkyl or cyclic N) is 1. The van der Waals surface area contributed by atoms with Crippen LogP contribution in [0.25, 0.3) is 0 Å². The Hall–Kier alpha value is -2.15. The Balaban J connectivity index is 1.39. The Morgan fingerprint density at radius 2 is 1.93 bits per heavy atom. The molecule has 0 amide bonds. The van der Waals surface area contributed by atoms with Crippen molar-refractivity contribution in [1.82, 2.24) is 4.90 Å². The Bertz CT molecular complexity index is 818. The molecule has 2 aliphatic heterocycles. The number of hydrogen-bond acceptors (Lipinski definition) is 5. The zero-order valence-electron chi connectivity index (χ0n) is 16.0. The van der Waals surface area contributed by atoms with Crippen molar-refractivity contribution >= 4 is 0 Å². The number of likely N-dealkylation sites (tertiary alicyclic amines) is 1. The summed E-state index contributed by atoms with van der Waals surface area (Å²) in [5.74, 6) is 1.13. The minimum Gasteiger partial charge on any atom is -0.497 e. The number of benzene rings is 2. The molecule has 2 N–H and O–H groups in total. The highest BCUT2D eigenvalue weighted by Crippen LogP contribution is 2.45. The Morgan fingerprint density at radius 1 is 1.21 bits per heavy atom. The SMILES string of the molecule is COc1ccc2c(c1)[C@H](O)CC1(CCN(C[C@@H](O)c3ccc(F)cc3)CC1)O2. The van der Waals surface area contributed by atoms with Gasteiger partial charge in [-0.25, -0.2) is 4.39 Å². The smallest absolute Gasteiger partial charge is 0.126 e. The fourth-order valence-corrected chi connectivity index (χ4v) is 4.23. The van der Waals surface area contributed by atoms with Gasteiger partial charge in [0.1, 0.15) is 22.9 Å². The van der Waals surface area contributed by atoms with Crippen LogP contribution in [-0.4, -0.2) is 47.5 Å². The van der Waals surface area contributed by atoms with E-state index in [9.17, 15) is 14.6 Å². The van der Waals surface area contributed by atoms with Crippen LogP contribution in [0.2, 0.25) is 0 Å². The van der Waals surface area contributed by atoms with Gasteiger partial charge in [0.15, 0.2) is 0 Å². The topological polar surface area (TPSA) is 62.2 Å². The number of nitrogens with zero attached hydrogens (tertiary/aromatic N) is 1. The highest BCUT2D eigenvalue weighted by molar-refractivity contribution is 5.43. The molecule has 0 bridgehead atoms. The number of aliphatic hydroxyl groups is 2. The van der Waals surface area contributed by atoms with E-state index in [0.717, 1.165) is 37.2 Å². The van der Waals surface area contributed by atoms with Gasteiger partial charge in [0.05, 0.1) is 19.3 Å². The van der Waals surface area contributed by atoms with E-state index in [1.807, 2.05) is 18.2 Å². The van der Waals surface area contributed by atoms with E-state index >= 15 is 0 Å².